The molecule has 22 heavy (non-hydrogen) atoms. The maximum Gasteiger partial charge on any atom is 0.573 e. The summed E-state index contributed by atoms with van der Waals surface area (Å²) in [6.07, 6.45) is -4.74. The molecule has 1 N–H and O–H groups in total. The molecular weight excluding hydrogens is 305 g/mol. The summed E-state index contributed by atoms with van der Waals surface area (Å²) in [5.74, 6) is -0.721. The van der Waals surface area contributed by atoms with Crippen LogP contribution >= 0.6 is 0 Å². The molecule has 0 atom stereocenters. The number of alkyl halides is 3. The number of carbonyl (C=O) groups excluding carboxylic acids is 1. The lowest BCUT2D eigenvalue weighted by atomic mass is 10.2. The number of ether oxygens (including phenoxy) is 2. The van der Waals surface area contributed by atoms with Crippen LogP contribution in [0.5, 0.6) is 11.6 Å². The predicted molar refractivity (Wildman–Crippen MR) is 67.4 cm³/mol. The van der Waals surface area contributed by atoms with Crippen LogP contribution in [-0.4, -0.2) is 24.5 Å². The van der Waals surface area contributed by atoms with E-state index in [2.05, 4.69) is 15.2 Å². The molecule has 2 rings (SSSR count). The Morgan fingerprint density at radius 2 is 2.00 bits per heavy atom. The average Bonchev–Trinajstić information content (AvgIpc) is 2.93. The summed E-state index contributed by atoms with van der Waals surface area (Å²) in [7, 11) is 1.38. The summed E-state index contributed by atoms with van der Waals surface area (Å²) >= 11 is 0. The Morgan fingerprint density at radius 1 is 1.32 bits per heavy atom. The second-order valence-corrected chi connectivity index (χ2v) is 4.11. The molecule has 0 saturated heterocycles. The second kappa shape index (κ2) is 6.37. The number of rotatable bonds is 5. The fraction of sp³-hybridized carbons (Fsp3) is 0.231. The lowest BCUT2D eigenvalue weighted by Crippen LogP contribution is -2.22. The Hall–Kier alpha value is -2.71. The molecule has 6 nitrogen and oxygen atoms in total. The Balaban J connectivity index is 1.90. The van der Waals surface area contributed by atoms with Crippen LogP contribution in [0.1, 0.15) is 16.1 Å². The zero-order valence-corrected chi connectivity index (χ0v) is 11.3. The van der Waals surface area contributed by atoms with Crippen molar-refractivity contribution in [3.05, 3.63) is 41.7 Å². The average molecular weight is 316 g/mol. The molecule has 0 fully saturated rings. The maximum atomic E-state index is 12.0. The normalized spacial score (nSPS) is 11.1. The number of halogens is 3. The van der Waals surface area contributed by atoms with Gasteiger partial charge in [-0.05, 0) is 22.9 Å². The highest BCUT2D eigenvalue weighted by molar-refractivity contribution is 5.91. The number of amides is 1. The molecule has 1 aromatic heterocycles. The third kappa shape index (κ3) is 4.40. The summed E-state index contributed by atoms with van der Waals surface area (Å²) in [5.41, 5.74) is 0.592. The summed E-state index contributed by atoms with van der Waals surface area (Å²) in [6, 6.07) is 6.44. The molecule has 0 aliphatic carbocycles. The van der Waals surface area contributed by atoms with E-state index in [1.165, 1.54) is 25.3 Å². The number of benzene rings is 1. The van der Waals surface area contributed by atoms with Crippen LogP contribution in [0, 0.1) is 0 Å². The van der Waals surface area contributed by atoms with E-state index in [1.54, 1.807) is 0 Å². The smallest absolute Gasteiger partial charge is 0.479 e. The van der Waals surface area contributed by atoms with Gasteiger partial charge in [-0.3, -0.25) is 4.79 Å². The fourth-order valence-corrected chi connectivity index (χ4v) is 1.54. The molecule has 2 aromatic rings. The Morgan fingerprint density at radius 3 is 2.55 bits per heavy atom. The first kappa shape index (κ1) is 15.7. The van der Waals surface area contributed by atoms with Gasteiger partial charge < -0.3 is 19.3 Å². The van der Waals surface area contributed by atoms with E-state index >= 15 is 0 Å². The first-order valence-corrected chi connectivity index (χ1v) is 6.01. The molecule has 1 amide bonds. The van der Waals surface area contributed by atoms with Gasteiger partial charge in [0, 0.05) is 6.54 Å². The monoisotopic (exact) mass is 316 g/mol. The number of nitrogens with zero attached hydrogens (tertiary/aromatic N) is 1. The van der Waals surface area contributed by atoms with Gasteiger partial charge in [0.05, 0.1) is 13.2 Å². The lowest BCUT2D eigenvalue weighted by Gasteiger charge is -2.09. The van der Waals surface area contributed by atoms with Crippen LogP contribution in [-0.2, 0) is 6.54 Å². The van der Waals surface area contributed by atoms with Gasteiger partial charge in [-0.1, -0.05) is 12.1 Å². The topological polar surface area (TPSA) is 73.6 Å². The van der Waals surface area contributed by atoms with E-state index < -0.39 is 12.3 Å². The van der Waals surface area contributed by atoms with Gasteiger partial charge in [0.25, 0.3) is 11.8 Å². The predicted octanol–water partition coefficient (Wildman–Crippen LogP) is 2.51. The zero-order valence-electron chi connectivity index (χ0n) is 11.3. The van der Waals surface area contributed by atoms with Crippen molar-refractivity contribution in [3.63, 3.8) is 0 Å². The standard InChI is InChI=1S/C13H11F3N2O4/c1-20-11-6-10(22-18-11)12(19)17-7-8-2-4-9(5-3-8)21-13(14,15)16/h2-6H,7H2,1H3,(H,17,19). The number of hydrogen-bond acceptors (Lipinski definition) is 5. The van der Waals surface area contributed by atoms with Gasteiger partial charge in [-0.25, -0.2) is 0 Å². The van der Waals surface area contributed by atoms with Gasteiger partial charge in [-0.2, -0.15) is 0 Å². The summed E-state index contributed by atoms with van der Waals surface area (Å²) in [6.45, 7) is 0.105. The van der Waals surface area contributed by atoms with Crippen molar-refractivity contribution in [3.8, 4) is 11.6 Å². The SMILES string of the molecule is COc1cc(C(=O)NCc2ccc(OC(F)(F)F)cc2)on1. The number of carbonyl (C=O) groups is 1. The molecule has 0 spiro atoms. The first-order valence-electron chi connectivity index (χ1n) is 6.01. The van der Waals surface area contributed by atoms with E-state index in [-0.39, 0.29) is 23.9 Å². The quantitative estimate of drug-likeness (QED) is 0.917. The minimum atomic E-state index is -4.74. The molecular formula is C13H11F3N2O4. The Bertz CT molecular complexity index is 637. The molecule has 0 radical (unpaired) electrons. The number of aromatic nitrogens is 1. The van der Waals surface area contributed by atoms with Gasteiger partial charge in [-0.15, -0.1) is 13.2 Å². The van der Waals surface area contributed by atoms with Crippen LogP contribution in [0.3, 0.4) is 0 Å². The minimum Gasteiger partial charge on any atom is -0.479 e. The Kier molecular flexibility index (Phi) is 4.54. The van der Waals surface area contributed by atoms with Crippen molar-refractivity contribution in [1.82, 2.24) is 10.5 Å². The highest BCUT2D eigenvalue weighted by Crippen LogP contribution is 2.22. The van der Waals surface area contributed by atoms with E-state index in [0.717, 1.165) is 12.1 Å². The van der Waals surface area contributed by atoms with Gasteiger partial charge in [0.2, 0.25) is 5.76 Å². The van der Waals surface area contributed by atoms with Gasteiger partial charge >= 0.3 is 6.36 Å². The van der Waals surface area contributed by atoms with Gasteiger partial charge in [0.15, 0.2) is 0 Å². The molecule has 0 bridgehead atoms. The van der Waals surface area contributed by atoms with Crippen molar-refractivity contribution < 1.29 is 32.0 Å². The number of methoxy groups -OCH3 is 1. The molecule has 0 unspecified atom stereocenters. The highest BCUT2D eigenvalue weighted by atomic mass is 19.4. The van der Waals surface area contributed by atoms with Crippen molar-refractivity contribution in [2.75, 3.05) is 7.11 Å². The van der Waals surface area contributed by atoms with Crippen molar-refractivity contribution in [2.45, 2.75) is 12.9 Å². The van der Waals surface area contributed by atoms with Gasteiger partial charge in [0.1, 0.15) is 5.75 Å². The number of hydrogen-bond donors (Lipinski definition) is 1. The van der Waals surface area contributed by atoms with Crippen LogP contribution in [0.25, 0.3) is 0 Å². The fourth-order valence-electron chi connectivity index (χ4n) is 1.54. The molecule has 9 heteroatoms. The van der Waals surface area contributed by atoms with E-state index in [4.69, 9.17) is 9.26 Å². The minimum absolute atomic E-state index is 0.0334. The molecule has 1 aromatic carbocycles. The summed E-state index contributed by atoms with van der Waals surface area (Å²) in [5, 5.41) is 6.00. The van der Waals surface area contributed by atoms with Crippen LogP contribution in [0.2, 0.25) is 0 Å². The van der Waals surface area contributed by atoms with E-state index in [1.807, 2.05) is 0 Å². The van der Waals surface area contributed by atoms with E-state index in [0.29, 0.717) is 5.56 Å². The molecule has 1 heterocycles. The molecule has 0 saturated carbocycles. The summed E-state index contributed by atoms with van der Waals surface area (Å²) in [4.78, 5) is 11.7. The number of nitrogens with one attached hydrogen (secondary N) is 1. The largest absolute Gasteiger partial charge is 0.573 e. The van der Waals surface area contributed by atoms with Crippen molar-refractivity contribution >= 4 is 5.91 Å². The highest BCUT2D eigenvalue weighted by Gasteiger charge is 2.30. The zero-order chi connectivity index (χ0) is 16.2. The lowest BCUT2D eigenvalue weighted by molar-refractivity contribution is -0.274. The molecule has 0 aliphatic heterocycles. The van der Waals surface area contributed by atoms with Crippen LogP contribution in [0.4, 0.5) is 13.2 Å². The Labute approximate surface area is 122 Å². The first-order chi connectivity index (χ1) is 10.4. The molecule has 118 valence electrons. The third-order valence-electron chi connectivity index (χ3n) is 2.53. The van der Waals surface area contributed by atoms with Crippen molar-refractivity contribution in [1.29, 1.82) is 0 Å². The molecule has 0 aliphatic rings. The van der Waals surface area contributed by atoms with Crippen molar-refractivity contribution in [2.24, 2.45) is 0 Å². The van der Waals surface area contributed by atoms with Crippen LogP contribution in [0.15, 0.2) is 34.9 Å². The second-order valence-electron chi connectivity index (χ2n) is 4.11. The van der Waals surface area contributed by atoms with E-state index in [9.17, 15) is 18.0 Å². The summed E-state index contributed by atoms with van der Waals surface area (Å²) < 4.78 is 49.3. The third-order valence-corrected chi connectivity index (χ3v) is 2.53. The van der Waals surface area contributed by atoms with Crippen LogP contribution < -0.4 is 14.8 Å². The maximum absolute atomic E-state index is 12.0.